The molecule has 1 aliphatic heterocycles. The molecule has 144 valence electrons. The Balaban J connectivity index is 1.62. The summed E-state index contributed by atoms with van der Waals surface area (Å²) >= 11 is 0. The van der Waals surface area contributed by atoms with E-state index in [9.17, 15) is 13.2 Å². The van der Waals surface area contributed by atoms with E-state index in [4.69, 9.17) is 9.47 Å². The normalized spacial score (nSPS) is 12.8. The number of rotatable bonds is 8. The monoisotopic (exact) mass is 390 g/mol. The lowest BCUT2D eigenvalue weighted by molar-refractivity contribution is 0.0953. The Kier molecular flexibility index (Phi) is 5.98. The number of amides is 1. The van der Waals surface area contributed by atoms with Gasteiger partial charge >= 0.3 is 0 Å². The summed E-state index contributed by atoms with van der Waals surface area (Å²) in [5, 5.41) is 2.80. The van der Waals surface area contributed by atoms with Gasteiger partial charge in [-0.05, 0) is 48.4 Å². The Hall–Kier alpha value is -2.58. The number of hydrogen-bond acceptors (Lipinski definition) is 5. The highest BCUT2D eigenvalue weighted by Gasteiger charge is 2.17. The lowest BCUT2D eigenvalue weighted by Crippen LogP contribution is -2.25. The highest BCUT2D eigenvalue weighted by Crippen LogP contribution is 2.32. The number of hydrogen-bond donors (Lipinski definition) is 2. The van der Waals surface area contributed by atoms with E-state index < -0.39 is 10.0 Å². The lowest BCUT2D eigenvalue weighted by Gasteiger charge is -2.09. The van der Waals surface area contributed by atoms with Gasteiger partial charge in [-0.2, -0.15) is 0 Å². The summed E-state index contributed by atoms with van der Waals surface area (Å²) in [4.78, 5) is 12.1. The van der Waals surface area contributed by atoms with Gasteiger partial charge < -0.3 is 14.8 Å². The van der Waals surface area contributed by atoms with Gasteiger partial charge in [-0.25, -0.2) is 13.1 Å². The third-order valence-electron chi connectivity index (χ3n) is 4.15. The van der Waals surface area contributed by atoms with Gasteiger partial charge in [0, 0.05) is 18.7 Å². The molecule has 0 radical (unpaired) electrons. The van der Waals surface area contributed by atoms with Gasteiger partial charge in [0.15, 0.2) is 11.5 Å². The third-order valence-corrected chi connectivity index (χ3v) is 5.56. The zero-order valence-corrected chi connectivity index (χ0v) is 15.8. The van der Waals surface area contributed by atoms with E-state index in [0.29, 0.717) is 23.6 Å². The molecule has 0 spiro atoms. The Morgan fingerprint density at radius 2 is 1.81 bits per heavy atom. The Morgan fingerprint density at radius 3 is 2.56 bits per heavy atom. The minimum absolute atomic E-state index is 0.105. The molecule has 0 saturated heterocycles. The van der Waals surface area contributed by atoms with Crippen LogP contribution in [0.25, 0.3) is 0 Å². The second-order valence-corrected chi connectivity index (χ2v) is 7.91. The van der Waals surface area contributed by atoms with Crippen LogP contribution in [0.4, 0.5) is 0 Å². The Labute approximate surface area is 158 Å². The van der Waals surface area contributed by atoms with Crippen LogP contribution in [0.3, 0.4) is 0 Å². The van der Waals surface area contributed by atoms with E-state index in [1.165, 1.54) is 24.3 Å². The fourth-order valence-electron chi connectivity index (χ4n) is 2.58. The largest absolute Gasteiger partial charge is 0.454 e. The van der Waals surface area contributed by atoms with Crippen LogP contribution < -0.4 is 19.5 Å². The van der Waals surface area contributed by atoms with E-state index in [2.05, 4.69) is 10.0 Å². The molecule has 1 aliphatic rings. The molecule has 3 rings (SSSR count). The molecule has 8 heteroatoms. The number of carbonyl (C=O) groups excluding carboxylic acids is 1. The maximum Gasteiger partial charge on any atom is 0.251 e. The first kappa shape index (κ1) is 19.2. The van der Waals surface area contributed by atoms with Crippen molar-refractivity contribution in [3.8, 4) is 11.5 Å². The number of carbonyl (C=O) groups is 1. The minimum Gasteiger partial charge on any atom is -0.454 e. The minimum atomic E-state index is -3.69. The van der Waals surface area contributed by atoms with Crippen LogP contribution in [-0.2, 0) is 16.6 Å². The average molecular weight is 390 g/mol. The van der Waals surface area contributed by atoms with Crippen molar-refractivity contribution < 1.29 is 22.7 Å². The van der Waals surface area contributed by atoms with E-state index in [1.807, 2.05) is 6.92 Å². The molecule has 27 heavy (non-hydrogen) atoms. The summed E-state index contributed by atoms with van der Waals surface area (Å²) in [7, 11) is -3.69. The maximum atomic E-state index is 12.5. The zero-order chi connectivity index (χ0) is 19.3. The zero-order valence-electron chi connectivity index (χ0n) is 15.0. The van der Waals surface area contributed by atoms with Gasteiger partial charge in [-0.15, -0.1) is 0 Å². The number of nitrogens with one attached hydrogen (secondary N) is 2. The van der Waals surface area contributed by atoms with Crippen molar-refractivity contribution in [1.29, 1.82) is 0 Å². The van der Waals surface area contributed by atoms with Crippen molar-refractivity contribution >= 4 is 15.9 Å². The van der Waals surface area contributed by atoms with Crippen molar-refractivity contribution in [3.63, 3.8) is 0 Å². The molecule has 2 N–H and O–H groups in total. The molecule has 0 aliphatic carbocycles. The van der Waals surface area contributed by atoms with E-state index >= 15 is 0 Å². The summed E-state index contributed by atoms with van der Waals surface area (Å²) in [6.45, 7) is 2.94. The molecular formula is C19H22N2O5S. The van der Waals surface area contributed by atoms with Gasteiger partial charge in [0.2, 0.25) is 16.8 Å². The van der Waals surface area contributed by atoms with Crippen molar-refractivity contribution in [2.75, 3.05) is 13.3 Å². The smallest absolute Gasteiger partial charge is 0.251 e. The average Bonchev–Trinajstić information content (AvgIpc) is 3.14. The van der Waals surface area contributed by atoms with Crippen LogP contribution >= 0.6 is 0 Å². The fourth-order valence-corrected chi connectivity index (χ4v) is 3.60. The molecule has 2 aromatic rings. The van der Waals surface area contributed by atoms with Crippen LogP contribution in [0.15, 0.2) is 47.4 Å². The summed E-state index contributed by atoms with van der Waals surface area (Å²) in [5.74, 6) is 1.04. The van der Waals surface area contributed by atoms with Crippen LogP contribution in [0.1, 0.15) is 35.7 Å². The fraction of sp³-hybridized carbons (Fsp3) is 0.316. The van der Waals surface area contributed by atoms with E-state index in [1.54, 1.807) is 18.2 Å². The first-order valence-corrected chi connectivity index (χ1v) is 10.2. The highest BCUT2D eigenvalue weighted by molar-refractivity contribution is 7.89. The molecule has 1 heterocycles. The second-order valence-electron chi connectivity index (χ2n) is 6.15. The molecule has 2 aromatic carbocycles. The standard InChI is InChI=1S/C19H22N2O5S/c1-2-3-10-20-19(22)15-5-7-16(8-6-15)27(23,24)21-12-14-4-9-17-18(11-14)26-13-25-17/h4-9,11,21H,2-3,10,12-13H2,1H3,(H,20,22). The Bertz CT molecular complexity index is 910. The van der Waals surface area contributed by atoms with Crippen LogP contribution in [0, 0.1) is 0 Å². The third kappa shape index (κ3) is 4.78. The predicted octanol–water partition coefficient (Wildman–Crippen LogP) is 2.42. The molecule has 0 aromatic heterocycles. The van der Waals surface area contributed by atoms with Crippen molar-refractivity contribution in [1.82, 2.24) is 10.0 Å². The summed E-state index contributed by atoms with van der Waals surface area (Å²) < 4.78 is 38.0. The van der Waals surface area contributed by atoms with Gasteiger partial charge in [0.25, 0.3) is 5.91 Å². The van der Waals surface area contributed by atoms with Crippen LogP contribution in [-0.4, -0.2) is 27.7 Å². The van der Waals surface area contributed by atoms with Gasteiger partial charge in [0.05, 0.1) is 4.90 Å². The summed E-state index contributed by atoms with van der Waals surface area (Å²) in [6.07, 6.45) is 1.90. The van der Waals surface area contributed by atoms with Gasteiger partial charge in [-0.1, -0.05) is 19.4 Å². The van der Waals surface area contributed by atoms with Crippen LogP contribution in [0.2, 0.25) is 0 Å². The van der Waals surface area contributed by atoms with Crippen molar-refractivity contribution in [2.24, 2.45) is 0 Å². The molecule has 1 amide bonds. The molecule has 0 saturated carbocycles. The lowest BCUT2D eigenvalue weighted by atomic mass is 10.2. The van der Waals surface area contributed by atoms with E-state index in [0.717, 1.165) is 18.4 Å². The van der Waals surface area contributed by atoms with Gasteiger partial charge in [-0.3, -0.25) is 4.79 Å². The Morgan fingerprint density at radius 1 is 1.07 bits per heavy atom. The molecular weight excluding hydrogens is 368 g/mol. The second kappa shape index (κ2) is 8.41. The highest BCUT2D eigenvalue weighted by atomic mass is 32.2. The van der Waals surface area contributed by atoms with E-state index in [-0.39, 0.29) is 24.1 Å². The predicted molar refractivity (Wildman–Crippen MR) is 100 cm³/mol. The molecule has 0 atom stereocenters. The molecule has 7 nitrogen and oxygen atoms in total. The number of benzene rings is 2. The first-order valence-electron chi connectivity index (χ1n) is 8.76. The number of ether oxygens (including phenoxy) is 2. The molecule has 0 fully saturated rings. The number of unbranched alkanes of at least 4 members (excludes halogenated alkanes) is 1. The van der Waals surface area contributed by atoms with Crippen molar-refractivity contribution in [2.45, 2.75) is 31.2 Å². The van der Waals surface area contributed by atoms with Crippen molar-refractivity contribution in [3.05, 3.63) is 53.6 Å². The first-order chi connectivity index (χ1) is 13.0. The quantitative estimate of drug-likeness (QED) is 0.675. The van der Waals surface area contributed by atoms with Gasteiger partial charge in [0.1, 0.15) is 0 Å². The number of sulfonamides is 1. The maximum absolute atomic E-state index is 12.5. The topological polar surface area (TPSA) is 93.7 Å². The number of fused-ring (bicyclic) bond motifs is 1. The molecule has 0 unspecified atom stereocenters. The van der Waals surface area contributed by atoms with Crippen LogP contribution in [0.5, 0.6) is 11.5 Å². The molecule has 0 bridgehead atoms. The SMILES string of the molecule is CCCCNC(=O)c1ccc(S(=O)(=O)NCc2ccc3c(c2)OCO3)cc1. The summed E-state index contributed by atoms with van der Waals surface area (Å²) in [5.41, 5.74) is 1.19. The summed E-state index contributed by atoms with van der Waals surface area (Å²) in [6, 6.07) is 11.1.